The summed E-state index contributed by atoms with van der Waals surface area (Å²) in [7, 11) is 0. The van der Waals surface area contributed by atoms with Crippen LogP contribution in [0.4, 0.5) is 0 Å². The predicted octanol–water partition coefficient (Wildman–Crippen LogP) is 4.25. The lowest BCUT2D eigenvalue weighted by Gasteiger charge is -2.18. The summed E-state index contributed by atoms with van der Waals surface area (Å²) in [6.45, 7) is 2.25. The first kappa shape index (κ1) is 12.9. The maximum absolute atomic E-state index is 4.17. The normalized spacial score (nSPS) is 12.5. The van der Waals surface area contributed by atoms with Crippen molar-refractivity contribution in [1.82, 2.24) is 9.55 Å². The van der Waals surface area contributed by atoms with E-state index in [0.29, 0.717) is 6.04 Å². The zero-order valence-corrected chi connectivity index (χ0v) is 11.1. The van der Waals surface area contributed by atoms with Crippen LogP contribution in [0.15, 0.2) is 49.1 Å². The summed E-state index contributed by atoms with van der Waals surface area (Å²) in [5.74, 6) is 0. The van der Waals surface area contributed by atoms with Gasteiger partial charge in [-0.25, -0.2) is 4.98 Å². The zero-order chi connectivity index (χ0) is 12.6. The van der Waals surface area contributed by atoms with Gasteiger partial charge in [-0.3, -0.25) is 0 Å². The molecule has 2 rings (SSSR count). The van der Waals surface area contributed by atoms with Crippen LogP contribution in [0.3, 0.4) is 0 Å². The Hall–Kier alpha value is -1.57. The van der Waals surface area contributed by atoms with Crippen LogP contribution in [-0.4, -0.2) is 9.55 Å². The minimum atomic E-state index is 0.590. The maximum atomic E-state index is 4.17. The molecule has 0 saturated carbocycles. The van der Waals surface area contributed by atoms with E-state index in [4.69, 9.17) is 0 Å². The second-order valence-electron chi connectivity index (χ2n) is 4.83. The molecule has 0 aliphatic heterocycles. The van der Waals surface area contributed by atoms with Gasteiger partial charge in [0.25, 0.3) is 0 Å². The number of aromatic nitrogens is 2. The number of imidazole rings is 1. The van der Waals surface area contributed by atoms with Crippen molar-refractivity contribution in [3.8, 4) is 0 Å². The average Bonchev–Trinajstić information content (AvgIpc) is 2.94. The molecule has 2 aromatic rings. The SMILES string of the molecule is CCCCC(CCc1ccccc1)n1ccnc1. The molecule has 0 N–H and O–H groups in total. The minimum Gasteiger partial charge on any atom is -0.334 e. The van der Waals surface area contributed by atoms with E-state index in [2.05, 4.69) is 53.0 Å². The molecule has 0 radical (unpaired) electrons. The topological polar surface area (TPSA) is 17.8 Å². The van der Waals surface area contributed by atoms with Gasteiger partial charge in [-0.1, -0.05) is 50.1 Å². The molecule has 1 aromatic carbocycles. The Morgan fingerprint density at radius 2 is 2.00 bits per heavy atom. The van der Waals surface area contributed by atoms with Crippen LogP contribution in [0.5, 0.6) is 0 Å². The first-order valence-electron chi connectivity index (χ1n) is 6.91. The fourth-order valence-electron chi connectivity index (χ4n) is 2.35. The number of rotatable bonds is 7. The Bertz CT molecular complexity index is 420. The van der Waals surface area contributed by atoms with Crippen molar-refractivity contribution in [3.63, 3.8) is 0 Å². The molecule has 96 valence electrons. The van der Waals surface area contributed by atoms with Gasteiger partial charge >= 0.3 is 0 Å². The standard InChI is InChI=1S/C16H22N2/c1-2-3-9-16(18-13-12-17-14-18)11-10-15-7-5-4-6-8-15/h4-8,12-14,16H,2-3,9-11H2,1H3. The number of hydrogen-bond donors (Lipinski definition) is 0. The number of aryl methyl sites for hydroxylation is 1. The van der Waals surface area contributed by atoms with Crippen LogP contribution in [0.25, 0.3) is 0 Å². The van der Waals surface area contributed by atoms with Gasteiger partial charge in [0.05, 0.1) is 6.33 Å². The summed E-state index contributed by atoms with van der Waals surface area (Å²) in [5, 5.41) is 0. The van der Waals surface area contributed by atoms with Crippen molar-refractivity contribution in [1.29, 1.82) is 0 Å². The Labute approximate surface area is 110 Å². The summed E-state index contributed by atoms with van der Waals surface area (Å²) >= 11 is 0. The Kier molecular flexibility index (Phi) is 5.00. The second-order valence-corrected chi connectivity index (χ2v) is 4.83. The van der Waals surface area contributed by atoms with Gasteiger partial charge < -0.3 is 4.57 Å². The molecule has 2 heteroatoms. The van der Waals surface area contributed by atoms with Gasteiger partial charge in [-0.05, 0) is 24.8 Å². The lowest BCUT2D eigenvalue weighted by molar-refractivity contribution is 0.421. The Balaban J connectivity index is 1.93. The molecule has 18 heavy (non-hydrogen) atoms. The summed E-state index contributed by atoms with van der Waals surface area (Å²) in [4.78, 5) is 4.17. The zero-order valence-electron chi connectivity index (χ0n) is 11.1. The predicted molar refractivity (Wildman–Crippen MR) is 75.6 cm³/mol. The molecule has 0 aliphatic rings. The van der Waals surface area contributed by atoms with Gasteiger partial charge in [0.15, 0.2) is 0 Å². The van der Waals surface area contributed by atoms with Crippen molar-refractivity contribution in [2.45, 2.75) is 45.1 Å². The third kappa shape index (κ3) is 3.73. The van der Waals surface area contributed by atoms with Crippen LogP contribution in [-0.2, 0) is 6.42 Å². The summed E-state index contributed by atoms with van der Waals surface area (Å²) in [6.07, 6.45) is 12.1. The van der Waals surface area contributed by atoms with Crippen molar-refractivity contribution in [3.05, 3.63) is 54.6 Å². The van der Waals surface area contributed by atoms with E-state index in [9.17, 15) is 0 Å². The smallest absolute Gasteiger partial charge is 0.0948 e. The molecule has 0 aliphatic carbocycles. The lowest BCUT2D eigenvalue weighted by atomic mass is 10.0. The molecule has 0 bridgehead atoms. The molecule has 1 aromatic heterocycles. The van der Waals surface area contributed by atoms with E-state index >= 15 is 0 Å². The number of nitrogens with zero attached hydrogens (tertiary/aromatic N) is 2. The van der Waals surface area contributed by atoms with Crippen molar-refractivity contribution in [2.24, 2.45) is 0 Å². The van der Waals surface area contributed by atoms with Gasteiger partial charge in [0, 0.05) is 18.4 Å². The molecule has 1 atom stereocenters. The minimum absolute atomic E-state index is 0.590. The highest BCUT2D eigenvalue weighted by Gasteiger charge is 2.09. The van der Waals surface area contributed by atoms with E-state index in [1.54, 1.807) is 0 Å². The van der Waals surface area contributed by atoms with Crippen molar-refractivity contribution < 1.29 is 0 Å². The van der Waals surface area contributed by atoms with Gasteiger partial charge in [0.1, 0.15) is 0 Å². The molecule has 1 heterocycles. The van der Waals surface area contributed by atoms with E-state index in [-0.39, 0.29) is 0 Å². The number of unbranched alkanes of at least 4 members (excludes halogenated alkanes) is 1. The van der Waals surface area contributed by atoms with E-state index < -0.39 is 0 Å². The fraction of sp³-hybridized carbons (Fsp3) is 0.438. The quantitative estimate of drug-likeness (QED) is 0.710. The van der Waals surface area contributed by atoms with E-state index in [1.165, 1.54) is 31.2 Å². The molecule has 0 fully saturated rings. The molecule has 0 spiro atoms. The maximum Gasteiger partial charge on any atom is 0.0948 e. The summed E-state index contributed by atoms with van der Waals surface area (Å²) in [5.41, 5.74) is 1.43. The number of hydrogen-bond acceptors (Lipinski definition) is 1. The monoisotopic (exact) mass is 242 g/mol. The largest absolute Gasteiger partial charge is 0.334 e. The van der Waals surface area contributed by atoms with Crippen LogP contribution in [0.1, 0.15) is 44.2 Å². The van der Waals surface area contributed by atoms with Gasteiger partial charge in [0.2, 0.25) is 0 Å². The third-order valence-electron chi connectivity index (χ3n) is 3.45. The summed E-state index contributed by atoms with van der Waals surface area (Å²) < 4.78 is 2.26. The van der Waals surface area contributed by atoms with E-state index in [1.807, 2.05) is 12.5 Å². The van der Waals surface area contributed by atoms with Crippen LogP contribution in [0.2, 0.25) is 0 Å². The molecular formula is C16H22N2. The lowest BCUT2D eigenvalue weighted by Crippen LogP contribution is -2.08. The molecule has 2 nitrogen and oxygen atoms in total. The molecular weight excluding hydrogens is 220 g/mol. The fourth-order valence-corrected chi connectivity index (χ4v) is 2.35. The second kappa shape index (κ2) is 7.00. The molecule has 0 saturated heterocycles. The van der Waals surface area contributed by atoms with Crippen LogP contribution >= 0.6 is 0 Å². The molecule has 0 amide bonds. The van der Waals surface area contributed by atoms with Gasteiger partial charge in [-0.15, -0.1) is 0 Å². The first-order valence-corrected chi connectivity index (χ1v) is 6.91. The number of benzene rings is 1. The van der Waals surface area contributed by atoms with Gasteiger partial charge in [-0.2, -0.15) is 0 Å². The Morgan fingerprint density at radius 1 is 1.17 bits per heavy atom. The van der Waals surface area contributed by atoms with Crippen molar-refractivity contribution in [2.75, 3.05) is 0 Å². The first-order chi connectivity index (χ1) is 8.90. The van der Waals surface area contributed by atoms with E-state index in [0.717, 1.165) is 6.42 Å². The Morgan fingerprint density at radius 3 is 2.67 bits per heavy atom. The highest BCUT2D eigenvalue weighted by atomic mass is 15.0. The van der Waals surface area contributed by atoms with Crippen LogP contribution in [0, 0.1) is 0 Å². The molecule has 1 unspecified atom stereocenters. The average molecular weight is 242 g/mol. The highest BCUT2D eigenvalue weighted by molar-refractivity contribution is 5.14. The summed E-state index contributed by atoms with van der Waals surface area (Å²) in [6, 6.07) is 11.3. The van der Waals surface area contributed by atoms with Crippen LogP contribution < -0.4 is 0 Å². The third-order valence-corrected chi connectivity index (χ3v) is 3.45. The highest BCUT2D eigenvalue weighted by Crippen LogP contribution is 2.21. The van der Waals surface area contributed by atoms with Crippen molar-refractivity contribution >= 4 is 0 Å².